The first kappa shape index (κ1) is 10.5. The van der Waals surface area contributed by atoms with Gasteiger partial charge < -0.3 is 12.3 Å². The third kappa shape index (κ3) is 1.75. The zero-order valence-corrected chi connectivity index (χ0v) is 6.77. The van der Waals surface area contributed by atoms with Crippen LogP contribution in [0.2, 0.25) is 0 Å². The molecule has 0 amide bonds. The topological polar surface area (TPSA) is 95.8 Å². The standard InChI is InChI=1S/C8H6N2.2H3N/c1-3-7-4-2-6-10-8(7)9-5-1;;/h1-6H;2*1H3. The largest absolute Gasteiger partial charge is 0.344 e. The van der Waals surface area contributed by atoms with Gasteiger partial charge in [-0.15, -0.1) is 0 Å². The zero-order chi connectivity index (χ0) is 6.81. The Balaban J connectivity index is 0.000000605. The van der Waals surface area contributed by atoms with E-state index in [9.17, 15) is 0 Å². The first-order chi connectivity index (χ1) is 4.97. The molecule has 0 bridgehead atoms. The predicted molar refractivity (Wildman–Crippen MR) is 49.6 cm³/mol. The van der Waals surface area contributed by atoms with Crippen molar-refractivity contribution in [1.29, 1.82) is 0 Å². The molecule has 0 aliphatic heterocycles. The number of nitrogens with zero attached hydrogens (tertiary/aromatic N) is 2. The van der Waals surface area contributed by atoms with Gasteiger partial charge in [-0.2, -0.15) is 0 Å². The van der Waals surface area contributed by atoms with Crippen LogP contribution in [-0.2, 0) is 0 Å². The molecular formula is C8H12N4. The Bertz CT molecular complexity index is 282. The van der Waals surface area contributed by atoms with E-state index < -0.39 is 0 Å². The highest BCUT2D eigenvalue weighted by molar-refractivity contribution is 5.73. The molecule has 0 aromatic carbocycles. The molecule has 0 aliphatic carbocycles. The van der Waals surface area contributed by atoms with Crippen molar-refractivity contribution in [2.24, 2.45) is 0 Å². The SMILES string of the molecule is N.N.c1cnc2ncccc2c1. The number of pyridine rings is 2. The first-order valence-electron chi connectivity index (χ1n) is 3.12. The molecule has 0 unspecified atom stereocenters. The van der Waals surface area contributed by atoms with Gasteiger partial charge in [0, 0.05) is 17.8 Å². The van der Waals surface area contributed by atoms with Gasteiger partial charge in [0.2, 0.25) is 0 Å². The Hall–Kier alpha value is -1.52. The van der Waals surface area contributed by atoms with Crippen LogP contribution < -0.4 is 12.3 Å². The fourth-order valence-electron chi connectivity index (χ4n) is 0.908. The molecule has 0 fully saturated rings. The van der Waals surface area contributed by atoms with Crippen LogP contribution in [0.25, 0.3) is 11.0 Å². The van der Waals surface area contributed by atoms with Crippen molar-refractivity contribution in [2.75, 3.05) is 0 Å². The normalized spacial score (nSPS) is 8.33. The van der Waals surface area contributed by atoms with E-state index in [4.69, 9.17) is 0 Å². The van der Waals surface area contributed by atoms with Gasteiger partial charge in [0.25, 0.3) is 0 Å². The molecule has 64 valence electrons. The summed E-state index contributed by atoms with van der Waals surface area (Å²) in [5.74, 6) is 0. The summed E-state index contributed by atoms with van der Waals surface area (Å²) in [6, 6.07) is 7.80. The first-order valence-corrected chi connectivity index (χ1v) is 3.12. The summed E-state index contributed by atoms with van der Waals surface area (Å²) < 4.78 is 0. The number of rotatable bonds is 0. The molecule has 4 heteroatoms. The molecule has 2 aromatic heterocycles. The predicted octanol–water partition coefficient (Wildman–Crippen LogP) is 1.95. The molecule has 12 heavy (non-hydrogen) atoms. The smallest absolute Gasteiger partial charge is 0.159 e. The summed E-state index contributed by atoms with van der Waals surface area (Å²) in [5, 5.41) is 1.09. The lowest BCUT2D eigenvalue weighted by Crippen LogP contribution is -1.78. The van der Waals surface area contributed by atoms with Gasteiger partial charge in [0.1, 0.15) is 0 Å². The van der Waals surface area contributed by atoms with Gasteiger partial charge in [-0.25, -0.2) is 9.97 Å². The fraction of sp³-hybridized carbons (Fsp3) is 0. The van der Waals surface area contributed by atoms with Gasteiger partial charge in [0.05, 0.1) is 0 Å². The van der Waals surface area contributed by atoms with Gasteiger partial charge in [0.15, 0.2) is 5.65 Å². The van der Waals surface area contributed by atoms with E-state index in [2.05, 4.69) is 9.97 Å². The van der Waals surface area contributed by atoms with Gasteiger partial charge >= 0.3 is 0 Å². The minimum atomic E-state index is 0. The Morgan fingerprint density at radius 2 is 1.33 bits per heavy atom. The molecule has 0 aliphatic rings. The lowest BCUT2D eigenvalue weighted by molar-refractivity contribution is 1.29. The summed E-state index contributed by atoms with van der Waals surface area (Å²) >= 11 is 0. The fourth-order valence-corrected chi connectivity index (χ4v) is 0.908. The van der Waals surface area contributed by atoms with E-state index in [1.807, 2.05) is 24.3 Å². The van der Waals surface area contributed by atoms with Crippen LogP contribution in [0.4, 0.5) is 0 Å². The third-order valence-corrected chi connectivity index (χ3v) is 1.38. The van der Waals surface area contributed by atoms with Crippen LogP contribution in [0.1, 0.15) is 0 Å². The Labute approximate surface area is 70.8 Å². The molecule has 0 saturated carbocycles. The molecule has 2 heterocycles. The van der Waals surface area contributed by atoms with Gasteiger partial charge in [-0.3, -0.25) is 0 Å². The van der Waals surface area contributed by atoms with E-state index in [-0.39, 0.29) is 12.3 Å². The Morgan fingerprint density at radius 3 is 1.75 bits per heavy atom. The van der Waals surface area contributed by atoms with Crippen LogP contribution in [0.3, 0.4) is 0 Å². The molecule has 0 spiro atoms. The molecule has 0 radical (unpaired) electrons. The lowest BCUT2D eigenvalue weighted by Gasteiger charge is -1.90. The summed E-state index contributed by atoms with van der Waals surface area (Å²) in [5.41, 5.74) is 0.810. The van der Waals surface area contributed by atoms with Crippen LogP contribution in [-0.4, -0.2) is 9.97 Å². The number of aromatic nitrogens is 2. The molecule has 2 rings (SSSR count). The van der Waals surface area contributed by atoms with Crippen LogP contribution in [0, 0.1) is 0 Å². The Kier molecular flexibility index (Phi) is 3.82. The van der Waals surface area contributed by atoms with Crippen LogP contribution >= 0.6 is 0 Å². The minimum absolute atomic E-state index is 0. The highest BCUT2D eigenvalue weighted by Gasteiger charge is 1.88. The number of fused-ring (bicyclic) bond motifs is 1. The van der Waals surface area contributed by atoms with Crippen molar-refractivity contribution in [3.63, 3.8) is 0 Å². The second-order valence-corrected chi connectivity index (χ2v) is 2.05. The maximum absolute atomic E-state index is 4.07. The minimum Gasteiger partial charge on any atom is -0.344 e. The second kappa shape index (κ2) is 4.38. The quantitative estimate of drug-likeness (QED) is 0.622. The Morgan fingerprint density at radius 1 is 0.833 bits per heavy atom. The highest BCUT2D eigenvalue weighted by atomic mass is 14.8. The van der Waals surface area contributed by atoms with Crippen molar-refractivity contribution in [1.82, 2.24) is 22.3 Å². The van der Waals surface area contributed by atoms with Gasteiger partial charge in [-0.1, -0.05) is 0 Å². The second-order valence-electron chi connectivity index (χ2n) is 2.05. The van der Waals surface area contributed by atoms with E-state index >= 15 is 0 Å². The summed E-state index contributed by atoms with van der Waals surface area (Å²) in [7, 11) is 0. The average molecular weight is 164 g/mol. The van der Waals surface area contributed by atoms with E-state index in [1.165, 1.54) is 0 Å². The van der Waals surface area contributed by atoms with Crippen molar-refractivity contribution < 1.29 is 0 Å². The van der Waals surface area contributed by atoms with Crippen molar-refractivity contribution in [3.8, 4) is 0 Å². The van der Waals surface area contributed by atoms with E-state index in [1.54, 1.807) is 12.4 Å². The lowest BCUT2D eigenvalue weighted by atomic mass is 10.3. The monoisotopic (exact) mass is 164 g/mol. The van der Waals surface area contributed by atoms with Gasteiger partial charge in [-0.05, 0) is 24.3 Å². The molecule has 0 atom stereocenters. The van der Waals surface area contributed by atoms with Crippen LogP contribution in [0.5, 0.6) is 0 Å². The number of hydrogen-bond donors (Lipinski definition) is 2. The van der Waals surface area contributed by atoms with E-state index in [0.717, 1.165) is 11.0 Å². The summed E-state index contributed by atoms with van der Waals surface area (Å²) in [6.07, 6.45) is 3.49. The third-order valence-electron chi connectivity index (χ3n) is 1.38. The molecular weight excluding hydrogens is 152 g/mol. The van der Waals surface area contributed by atoms with Crippen molar-refractivity contribution >= 4 is 11.0 Å². The molecule has 4 nitrogen and oxygen atoms in total. The summed E-state index contributed by atoms with van der Waals surface area (Å²) in [6.45, 7) is 0. The molecule has 2 aromatic rings. The average Bonchev–Trinajstić information content (AvgIpc) is 2.05. The maximum atomic E-state index is 4.07. The van der Waals surface area contributed by atoms with E-state index in [0.29, 0.717) is 0 Å². The summed E-state index contributed by atoms with van der Waals surface area (Å²) in [4.78, 5) is 8.14. The molecule has 6 N–H and O–H groups in total. The van der Waals surface area contributed by atoms with Crippen molar-refractivity contribution in [3.05, 3.63) is 36.7 Å². The van der Waals surface area contributed by atoms with Crippen molar-refractivity contribution in [2.45, 2.75) is 0 Å². The molecule has 0 saturated heterocycles. The number of hydrogen-bond acceptors (Lipinski definition) is 4. The zero-order valence-electron chi connectivity index (χ0n) is 6.77. The van der Waals surface area contributed by atoms with Crippen LogP contribution in [0.15, 0.2) is 36.7 Å². The highest BCUT2D eigenvalue weighted by Crippen LogP contribution is 2.04. The maximum Gasteiger partial charge on any atom is 0.159 e.